The Balaban J connectivity index is 2.23. The maximum absolute atomic E-state index is 9.70. The predicted octanol–water partition coefficient (Wildman–Crippen LogP) is 1.78. The van der Waals surface area contributed by atoms with Gasteiger partial charge < -0.3 is 9.84 Å². The summed E-state index contributed by atoms with van der Waals surface area (Å²) in [5.74, 6) is 0.935. The first kappa shape index (κ1) is 8.97. The van der Waals surface area contributed by atoms with Crippen molar-refractivity contribution in [1.29, 1.82) is 0 Å². The molecule has 0 bridgehead atoms. The minimum Gasteiger partial charge on any atom is -0.480 e. The van der Waals surface area contributed by atoms with E-state index < -0.39 is 0 Å². The highest BCUT2D eigenvalue weighted by atomic mass is 32.1. The maximum atomic E-state index is 9.70. The van der Waals surface area contributed by atoms with Gasteiger partial charge in [-0.25, -0.2) is 0 Å². The Labute approximate surface area is 81.5 Å². The molecular formula is C9H13NO2S. The molecule has 0 unspecified atom stereocenters. The second kappa shape index (κ2) is 3.64. The number of nitrogens with zero attached hydrogens (tertiary/aromatic N) is 1. The van der Waals surface area contributed by atoms with Crippen LogP contribution in [0.15, 0.2) is 5.38 Å². The number of hydrogen-bond donors (Lipinski definition) is 1. The Kier molecular flexibility index (Phi) is 2.51. The van der Waals surface area contributed by atoms with Crippen molar-refractivity contribution in [3.05, 3.63) is 10.9 Å². The van der Waals surface area contributed by atoms with E-state index in [1.165, 1.54) is 11.5 Å². The Morgan fingerprint density at radius 3 is 3.08 bits per heavy atom. The Morgan fingerprint density at radius 1 is 1.62 bits per heavy atom. The molecule has 0 aliphatic heterocycles. The van der Waals surface area contributed by atoms with Crippen molar-refractivity contribution in [3.63, 3.8) is 0 Å². The van der Waals surface area contributed by atoms with Crippen molar-refractivity contribution in [1.82, 2.24) is 4.37 Å². The molecule has 1 aliphatic rings. The van der Waals surface area contributed by atoms with Crippen LogP contribution in [0.3, 0.4) is 0 Å². The average molecular weight is 199 g/mol. The molecule has 0 spiro atoms. The lowest BCUT2D eigenvalue weighted by molar-refractivity contribution is 0.162. The van der Waals surface area contributed by atoms with Gasteiger partial charge in [-0.2, -0.15) is 4.37 Å². The minimum atomic E-state index is -0.203. The molecule has 1 saturated carbocycles. The van der Waals surface area contributed by atoms with E-state index in [2.05, 4.69) is 4.37 Å². The van der Waals surface area contributed by atoms with Gasteiger partial charge >= 0.3 is 0 Å². The van der Waals surface area contributed by atoms with Crippen LogP contribution in [0.25, 0.3) is 0 Å². The highest BCUT2D eigenvalue weighted by Crippen LogP contribution is 2.39. The van der Waals surface area contributed by atoms with Crippen LogP contribution in [-0.2, 0) is 0 Å². The van der Waals surface area contributed by atoms with Crippen molar-refractivity contribution in [2.45, 2.75) is 31.3 Å². The van der Waals surface area contributed by atoms with E-state index >= 15 is 0 Å². The second-order valence-corrected chi connectivity index (χ2v) is 4.01. The monoisotopic (exact) mass is 199 g/mol. The quantitative estimate of drug-likeness (QED) is 0.789. The third-order valence-electron chi connectivity index (χ3n) is 2.63. The zero-order chi connectivity index (χ0) is 9.26. The summed E-state index contributed by atoms with van der Waals surface area (Å²) in [6.07, 6.45) is 2.86. The van der Waals surface area contributed by atoms with E-state index in [-0.39, 0.29) is 12.0 Å². The van der Waals surface area contributed by atoms with Crippen LogP contribution in [0.5, 0.6) is 5.88 Å². The number of aromatic nitrogens is 1. The van der Waals surface area contributed by atoms with Gasteiger partial charge in [0.2, 0.25) is 5.88 Å². The minimum absolute atomic E-state index is 0.203. The third-order valence-corrected chi connectivity index (χ3v) is 3.27. The lowest BCUT2D eigenvalue weighted by Crippen LogP contribution is -2.11. The van der Waals surface area contributed by atoms with Gasteiger partial charge in [0.15, 0.2) is 0 Å². The summed E-state index contributed by atoms with van der Waals surface area (Å²) in [6.45, 7) is 0. The van der Waals surface area contributed by atoms with E-state index in [0.717, 1.165) is 24.8 Å². The highest BCUT2D eigenvalue weighted by molar-refractivity contribution is 7.03. The summed E-state index contributed by atoms with van der Waals surface area (Å²) in [5, 5.41) is 11.7. The van der Waals surface area contributed by atoms with E-state index in [1.807, 2.05) is 5.38 Å². The lowest BCUT2D eigenvalue weighted by atomic mass is 9.99. The molecule has 0 radical (unpaired) electrons. The molecule has 2 rings (SSSR count). The molecule has 1 aromatic rings. The van der Waals surface area contributed by atoms with Gasteiger partial charge in [0, 0.05) is 16.9 Å². The summed E-state index contributed by atoms with van der Waals surface area (Å²) < 4.78 is 9.26. The lowest BCUT2D eigenvalue weighted by Gasteiger charge is -2.13. The molecule has 4 heteroatoms. The third kappa shape index (κ3) is 1.56. The molecule has 1 N–H and O–H groups in total. The van der Waals surface area contributed by atoms with Crippen molar-refractivity contribution in [2.75, 3.05) is 7.11 Å². The number of methoxy groups -OCH3 is 1. The molecule has 72 valence electrons. The van der Waals surface area contributed by atoms with Crippen LogP contribution in [-0.4, -0.2) is 22.7 Å². The fourth-order valence-corrected chi connectivity index (χ4v) is 2.66. The number of aliphatic hydroxyl groups is 1. The van der Waals surface area contributed by atoms with Crippen LogP contribution in [0.1, 0.15) is 30.7 Å². The molecule has 0 aromatic carbocycles. The maximum Gasteiger partial charge on any atom is 0.228 e. The molecular weight excluding hydrogens is 186 g/mol. The second-order valence-electron chi connectivity index (χ2n) is 3.38. The van der Waals surface area contributed by atoms with Crippen LogP contribution >= 0.6 is 11.5 Å². The first-order chi connectivity index (χ1) is 6.33. The highest BCUT2D eigenvalue weighted by Gasteiger charge is 2.30. The normalized spacial score (nSPS) is 27.8. The Morgan fingerprint density at radius 2 is 2.46 bits per heavy atom. The predicted molar refractivity (Wildman–Crippen MR) is 51.3 cm³/mol. The van der Waals surface area contributed by atoms with Gasteiger partial charge in [-0.1, -0.05) is 6.42 Å². The molecule has 13 heavy (non-hydrogen) atoms. The summed E-state index contributed by atoms with van der Waals surface area (Å²) >= 11 is 1.39. The summed E-state index contributed by atoms with van der Waals surface area (Å²) in [6, 6.07) is 0. The molecule has 1 heterocycles. The zero-order valence-electron chi connectivity index (χ0n) is 7.56. The van der Waals surface area contributed by atoms with Crippen LogP contribution < -0.4 is 4.74 Å². The molecule has 3 nitrogen and oxygen atoms in total. The van der Waals surface area contributed by atoms with E-state index in [1.54, 1.807) is 7.11 Å². The fraction of sp³-hybridized carbons (Fsp3) is 0.667. The number of rotatable bonds is 2. The summed E-state index contributed by atoms with van der Waals surface area (Å²) in [7, 11) is 1.62. The molecule has 1 aliphatic carbocycles. The fourth-order valence-electron chi connectivity index (χ4n) is 1.94. The van der Waals surface area contributed by atoms with Gasteiger partial charge in [-0.15, -0.1) is 0 Å². The Bertz CT molecular complexity index is 287. The van der Waals surface area contributed by atoms with E-state index in [4.69, 9.17) is 4.74 Å². The standard InChI is InChI=1S/C9H13NO2S/c1-12-9-7(5-13-10-9)6-3-2-4-8(6)11/h5-6,8,11H,2-4H2,1H3/t6-,8+/m0/s1. The molecule has 2 atom stereocenters. The number of aliphatic hydroxyl groups excluding tert-OH is 1. The van der Waals surface area contributed by atoms with Crippen molar-refractivity contribution < 1.29 is 9.84 Å². The number of hydrogen-bond acceptors (Lipinski definition) is 4. The molecule has 1 aromatic heterocycles. The van der Waals surface area contributed by atoms with Gasteiger partial charge in [0.1, 0.15) is 0 Å². The van der Waals surface area contributed by atoms with Gasteiger partial charge in [-0.3, -0.25) is 0 Å². The van der Waals surface area contributed by atoms with Gasteiger partial charge in [0.25, 0.3) is 0 Å². The molecule has 1 fully saturated rings. The van der Waals surface area contributed by atoms with E-state index in [9.17, 15) is 5.11 Å². The van der Waals surface area contributed by atoms with Crippen molar-refractivity contribution in [2.24, 2.45) is 0 Å². The Hall–Kier alpha value is -0.610. The molecule has 0 saturated heterocycles. The first-order valence-electron chi connectivity index (χ1n) is 4.49. The largest absolute Gasteiger partial charge is 0.480 e. The number of ether oxygens (including phenoxy) is 1. The smallest absolute Gasteiger partial charge is 0.228 e. The first-order valence-corrected chi connectivity index (χ1v) is 5.33. The SMILES string of the molecule is COc1nscc1[C@@H]1CCC[C@H]1O. The van der Waals surface area contributed by atoms with Gasteiger partial charge in [0.05, 0.1) is 13.2 Å². The van der Waals surface area contributed by atoms with Crippen molar-refractivity contribution >= 4 is 11.5 Å². The van der Waals surface area contributed by atoms with Crippen LogP contribution in [0.4, 0.5) is 0 Å². The summed E-state index contributed by atoms with van der Waals surface area (Å²) in [5.41, 5.74) is 1.08. The molecule has 0 amide bonds. The topological polar surface area (TPSA) is 42.4 Å². The summed E-state index contributed by atoms with van der Waals surface area (Å²) in [4.78, 5) is 0. The van der Waals surface area contributed by atoms with Crippen LogP contribution in [0.2, 0.25) is 0 Å². The zero-order valence-corrected chi connectivity index (χ0v) is 8.38. The van der Waals surface area contributed by atoms with Crippen molar-refractivity contribution in [3.8, 4) is 5.88 Å². The van der Waals surface area contributed by atoms with Crippen LogP contribution in [0, 0.1) is 0 Å². The van der Waals surface area contributed by atoms with E-state index in [0.29, 0.717) is 5.88 Å². The van der Waals surface area contributed by atoms with Gasteiger partial charge in [-0.05, 0) is 24.4 Å². The average Bonchev–Trinajstić information content (AvgIpc) is 2.71.